The maximum absolute atomic E-state index is 11.6. The summed E-state index contributed by atoms with van der Waals surface area (Å²) in [6, 6.07) is 14.1. The van der Waals surface area contributed by atoms with Crippen LogP contribution in [-0.4, -0.2) is 22.5 Å². The van der Waals surface area contributed by atoms with Gasteiger partial charge in [-0.25, -0.2) is 0 Å². The first-order valence-electron chi connectivity index (χ1n) is 9.41. The second kappa shape index (κ2) is 7.66. The van der Waals surface area contributed by atoms with E-state index in [0.717, 1.165) is 47.6 Å². The molecule has 3 aromatic rings. The van der Waals surface area contributed by atoms with Crippen LogP contribution in [0, 0.1) is 0 Å². The Balaban J connectivity index is 1.56. The number of carbonyl (C=O) groups excluding carboxylic acids is 1. The number of H-pyrrole nitrogens is 1. The van der Waals surface area contributed by atoms with E-state index in [1.807, 2.05) is 49.5 Å². The van der Waals surface area contributed by atoms with E-state index in [1.54, 1.807) is 0 Å². The summed E-state index contributed by atoms with van der Waals surface area (Å²) in [4.78, 5) is 19.7. The average molecular weight is 361 g/mol. The smallest absolute Gasteiger partial charge is 0.310 e. The molecule has 0 radical (unpaired) electrons. The third-order valence-electron chi connectivity index (χ3n) is 4.81. The molecular formula is C22H23N3O2. The third kappa shape index (κ3) is 3.87. The zero-order valence-corrected chi connectivity index (χ0v) is 15.4. The zero-order chi connectivity index (χ0) is 18.6. The first-order valence-corrected chi connectivity index (χ1v) is 9.41. The highest BCUT2D eigenvalue weighted by Gasteiger charge is 2.19. The number of pyridine rings is 1. The summed E-state index contributed by atoms with van der Waals surface area (Å²) >= 11 is 0. The van der Waals surface area contributed by atoms with E-state index in [1.165, 1.54) is 11.3 Å². The van der Waals surface area contributed by atoms with Gasteiger partial charge in [0.2, 0.25) is 0 Å². The van der Waals surface area contributed by atoms with Gasteiger partial charge in [0.25, 0.3) is 0 Å². The Labute approximate surface area is 158 Å². The van der Waals surface area contributed by atoms with Crippen molar-refractivity contribution < 1.29 is 9.53 Å². The molecule has 0 atom stereocenters. The molecule has 0 fully saturated rings. The van der Waals surface area contributed by atoms with Crippen LogP contribution in [0.3, 0.4) is 0 Å². The van der Waals surface area contributed by atoms with Crippen molar-refractivity contribution in [2.45, 2.75) is 32.6 Å². The molecule has 4 rings (SSSR count). The minimum absolute atomic E-state index is 0.194. The number of fused-ring (bicyclic) bond motifs is 1. The van der Waals surface area contributed by atoms with Gasteiger partial charge >= 0.3 is 5.97 Å². The number of nitrogens with zero attached hydrogens (tertiary/aromatic N) is 1. The molecule has 0 unspecified atom stereocenters. The van der Waals surface area contributed by atoms with Crippen LogP contribution >= 0.6 is 0 Å². The Hall–Kier alpha value is -3.08. The highest BCUT2D eigenvalue weighted by Crippen LogP contribution is 2.33. The molecule has 1 aromatic carbocycles. The van der Waals surface area contributed by atoms with Crippen molar-refractivity contribution in [3.8, 4) is 11.4 Å². The Bertz CT molecular complexity index is 931. The molecule has 1 aliphatic carbocycles. The summed E-state index contributed by atoms with van der Waals surface area (Å²) < 4.78 is 5.01. The van der Waals surface area contributed by atoms with Gasteiger partial charge < -0.3 is 15.0 Å². The van der Waals surface area contributed by atoms with Crippen LogP contribution in [0.15, 0.2) is 48.7 Å². The summed E-state index contributed by atoms with van der Waals surface area (Å²) in [5.41, 5.74) is 7.54. The van der Waals surface area contributed by atoms with E-state index in [4.69, 9.17) is 9.72 Å². The molecule has 0 bridgehead atoms. The second-order valence-electron chi connectivity index (χ2n) is 6.72. The minimum Gasteiger partial charge on any atom is -0.466 e. The summed E-state index contributed by atoms with van der Waals surface area (Å²) in [5, 5.41) is 3.54. The van der Waals surface area contributed by atoms with Gasteiger partial charge in [-0.05, 0) is 67.6 Å². The van der Waals surface area contributed by atoms with Gasteiger partial charge in [0, 0.05) is 23.3 Å². The fourth-order valence-electron chi connectivity index (χ4n) is 3.52. The first-order chi connectivity index (χ1) is 13.2. The number of aromatic amines is 1. The van der Waals surface area contributed by atoms with Gasteiger partial charge in [0.05, 0.1) is 24.4 Å². The number of carbonyl (C=O) groups is 1. The Morgan fingerprint density at radius 1 is 1.22 bits per heavy atom. The van der Waals surface area contributed by atoms with E-state index in [0.29, 0.717) is 13.0 Å². The summed E-state index contributed by atoms with van der Waals surface area (Å²) in [6.07, 6.45) is 5.44. The molecule has 2 heterocycles. The molecule has 2 aromatic heterocycles. The largest absolute Gasteiger partial charge is 0.466 e. The van der Waals surface area contributed by atoms with Crippen LogP contribution in [-0.2, 0) is 28.8 Å². The number of rotatable bonds is 6. The lowest BCUT2D eigenvalue weighted by Gasteiger charge is -2.13. The van der Waals surface area contributed by atoms with Gasteiger partial charge in [0.1, 0.15) is 0 Å². The molecule has 1 aliphatic rings. The molecule has 5 nitrogen and oxygen atoms in total. The SMILES string of the molecule is CCOC(=O)Cc1ccc(Nc2cc(-c3ccc[nH]3)nc3c2CCC3)cc1. The van der Waals surface area contributed by atoms with Crippen molar-refractivity contribution in [3.05, 3.63) is 65.5 Å². The van der Waals surface area contributed by atoms with Crippen LogP contribution < -0.4 is 5.32 Å². The number of benzene rings is 1. The Morgan fingerprint density at radius 2 is 2.07 bits per heavy atom. The molecule has 27 heavy (non-hydrogen) atoms. The second-order valence-corrected chi connectivity index (χ2v) is 6.72. The minimum atomic E-state index is -0.194. The molecule has 2 N–H and O–H groups in total. The van der Waals surface area contributed by atoms with E-state index in [9.17, 15) is 4.79 Å². The fourth-order valence-corrected chi connectivity index (χ4v) is 3.52. The van der Waals surface area contributed by atoms with E-state index >= 15 is 0 Å². The quantitative estimate of drug-likeness (QED) is 0.638. The van der Waals surface area contributed by atoms with Crippen molar-refractivity contribution in [1.29, 1.82) is 0 Å². The molecular weight excluding hydrogens is 338 g/mol. The van der Waals surface area contributed by atoms with Crippen LogP contribution in [0.5, 0.6) is 0 Å². The Kier molecular flexibility index (Phi) is 4.92. The highest BCUT2D eigenvalue weighted by atomic mass is 16.5. The highest BCUT2D eigenvalue weighted by molar-refractivity contribution is 5.74. The van der Waals surface area contributed by atoms with Crippen LogP contribution in [0.4, 0.5) is 11.4 Å². The molecule has 0 saturated heterocycles. The van der Waals surface area contributed by atoms with Crippen molar-refractivity contribution >= 4 is 17.3 Å². The number of aromatic nitrogens is 2. The topological polar surface area (TPSA) is 67.0 Å². The van der Waals surface area contributed by atoms with Gasteiger partial charge in [-0.15, -0.1) is 0 Å². The van der Waals surface area contributed by atoms with E-state index in [2.05, 4.69) is 16.4 Å². The number of ether oxygens (including phenoxy) is 1. The molecule has 138 valence electrons. The number of nitrogens with one attached hydrogen (secondary N) is 2. The number of esters is 1. The lowest BCUT2D eigenvalue weighted by Crippen LogP contribution is -2.07. The zero-order valence-electron chi connectivity index (χ0n) is 15.4. The lowest BCUT2D eigenvalue weighted by atomic mass is 10.1. The summed E-state index contributed by atoms with van der Waals surface area (Å²) in [6.45, 7) is 2.23. The number of hydrogen-bond donors (Lipinski definition) is 2. The standard InChI is InChI=1S/C22H23N3O2/c1-2-27-22(26)13-15-8-10-16(11-9-15)24-20-14-21(19-7-4-12-23-19)25-18-6-3-5-17(18)20/h4,7-12,14,23H,2-3,5-6,13H2,1H3,(H,24,25). The summed E-state index contributed by atoms with van der Waals surface area (Å²) in [7, 11) is 0. The van der Waals surface area contributed by atoms with E-state index in [-0.39, 0.29) is 5.97 Å². The predicted octanol–water partition coefficient (Wildman–Crippen LogP) is 4.41. The number of aryl methyl sites for hydroxylation is 1. The number of anilines is 2. The average Bonchev–Trinajstić information content (AvgIpc) is 3.35. The monoisotopic (exact) mass is 361 g/mol. The first kappa shape index (κ1) is 17.3. The van der Waals surface area contributed by atoms with Gasteiger partial charge in [-0.2, -0.15) is 0 Å². The predicted molar refractivity (Wildman–Crippen MR) is 106 cm³/mol. The molecule has 0 aliphatic heterocycles. The molecule has 5 heteroatoms. The Morgan fingerprint density at radius 3 is 2.81 bits per heavy atom. The molecule has 0 spiro atoms. The summed E-state index contributed by atoms with van der Waals surface area (Å²) in [5.74, 6) is -0.194. The van der Waals surface area contributed by atoms with Crippen molar-refractivity contribution in [1.82, 2.24) is 9.97 Å². The fraction of sp³-hybridized carbons (Fsp3) is 0.273. The van der Waals surface area contributed by atoms with Crippen LogP contribution in [0.1, 0.15) is 30.2 Å². The van der Waals surface area contributed by atoms with E-state index < -0.39 is 0 Å². The van der Waals surface area contributed by atoms with Gasteiger partial charge in [0.15, 0.2) is 0 Å². The maximum Gasteiger partial charge on any atom is 0.310 e. The van der Waals surface area contributed by atoms with Crippen LogP contribution in [0.2, 0.25) is 0 Å². The molecule has 0 amide bonds. The van der Waals surface area contributed by atoms with Crippen molar-refractivity contribution in [2.24, 2.45) is 0 Å². The number of hydrogen-bond acceptors (Lipinski definition) is 4. The van der Waals surface area contributed by atoms with Crippen molar-refractivity contribution in [2.75, 3.05) is 11.9 Å². The van der Waals surface area contributed by atoms with Crippen LogP contribution in [0.25, 0.3) is 11.4 Å². The van der Waals surface area contributed by atoms with Gasteiger partial charge in [-0.1, -0.05) is 12.1 Å². The normalized spacial score (nSPS) is 12.6. The molecule has 0 saturated carbocycles. The van der Waals surface area contributed by atoms with Gasteiger partial charge in [-0.3, -0.25) is 9.78 Å². The lowest BCUT2D eigenvalue weighted by molar-refractivity contribution is -0.142. The third-order valence-corrected chi connectivity index (χ3v) is 4.81. The maximum atomic E-state index is 11.6. The van der Waals surface area contributed by atoms with Crippen molar-refractivity contribution in [3.63, 3.8) is 0 Å².